The van der Waals surface area contributed by atoms with E-state index in [1.165, 1.54) is 57.3 Å². The maximum atomic E-state index is 2.42. The van der Waals surface area contributed by atoms with Crippen molar-refractivity contribution in [3.63, 3.8) is 0 Å². The second kappa shape index (κ2) is 24.2. The molecule has 2 aliphatic rings. The van der Waals surface area contributed by atoms with Gasteiger partial charge >= 0.3 is 0 Å². The average Bonchev–Trinajstić information content (AvgIpc) is 1.60. The molecule has 93 heavy (non-hydrogen) atoms. The van der Waals surface area contributed by atoms with Crippen LogP contribution in [0.1, 0.15) is 36.1 Å². The summed E-state index contributed by atoms with van der Waals surface area (Å²) in [5, 5.41) is 0. The molecule has 14 aromatic rings. The van der Waals surface area contributed by atoms with Gasteiger partial charge in [-0.15, -0.1) is 0 Å². The topological polar surface area (TPSA) is 13.0 Å². The van der Waals surface area contributed by atoms with Crippen molar-refractivity contribution in [1.82, 2.24) is 0 Å². The van der Waals surface area contributed by atoms with Crippen LogP contribution >= 0.6 is 0 Å². The smallest absolute Gasteiger partial charge is 0.0467 e. The predicted octanol–water partition coefficient (Wildman–Crippen LogP) is 24.6. The van der Waals surface area contributed by atoms with E-state index in [1.807, 2.05) is 0 Å². The molecule has 0 radical (unpaired) electrons. The third kappa shape index (κ3) is 10.9. The monoisotopic (exact) mass is 1190 g/mol. The van der Waals surface area contributed by atoms with Crippen LogP contribution in [0.25, 0.3) is 55.6 Å². The molecule has 0 unspecified atom stereocenters. The first-order chi connectivity index (χ1) is 45.8. The second-order valence-corrected chi connectivity index (χ2v) is 24.9. The van der Waals surface area contributed by atoms with Crippen molar-refractivity contribution in [3.05, 3.63) is 374 Å². The lowest BCUT2D eigenvalue weighted by Gasteiger charge is -2.28. The fourth-order valence-corrected chi connectivity index (χ4v) is 13.9. The van der Waals surface area contributed by atoms with Crippen LogP contribution < -0.4 is 19.6 Å². The number of rotatable bonds is 16. The minimum atomic E-state index is -0.145. The first-order valence-corrected chi connectivity index (χ1v) is 32.3. The van der Waals surface area contributed by atoms with E-state index in [0.29, 0.717) is 0 Å². The Labute approximate surface area is 546 Å². The Kier molecular flexibility index (Phi) is 14.7. The molecule has 0 saturated heterocycles. The summed E-state index contributed by atoms with van der Waals surface area (Å²) >= 11 is 0. The summed E-state index contributed by atoms with van der Waals surface area (Å²) in [7, 11) is 0. The van der Waals surface area contributed by atoms with Crippen LogP contribution in [0, 0.1) is 0 Å². The molecular weight excluding hydrogens is 1130 g/mol. The number of anilines is 12. The Balaban J connectivity index is 0.670. The van der Waals surface area contributed by atoms with Crippen LogP contribution in [0.15, 0.2) is 352 Å². The van der Waals surface area contributed by atoms with Crippen molar-refractivity contribution in [2.45, 2.75) is 32.1 Å². The van der Waals surface area contributed by atoms with E-state index in [-0.39, 0.29) is 5.41 Å². The fourth-order valence-electron chi connectivity index (χ4n) is 13.9. The summed E-state index contributed by atoms with van der Waals surface area (Å²) in [5.74, 6) is 0. The van der Waals surface area contributed by atoms with Gasteiger partial charge in [-0.25, -0.2) is 0 Å². The molecule has 0 aliphatic heterocycles. The molecule has 14 aromatic carbocycles. The average molecular weight is 1190 g/mol. The summed E-state index contributed by atoms with van der Waals surface area (Å²) in [6.45, 7) is 4.71. The molecule has 0 heterocycles. The van der Waals surface area contributed by atoms with Gasteiger partial charge in [-0.05, 0) is 236 Å². The lowest BCUT2D eigenvalue weighted by Crippen LogP contribution is -2.16. The van der Waals surface area contributed by atoms with Gasteiger partial charge in [0.05, 0.1) is 0 Å². The van der Waals surface area contributed by atoms with Crippen LogP contribution in [0.4, 0.5) is 68.2 Å². The summed E-state index contributed by atoms with van der Waals surface area (Å²) in [5.41, 5.74) is 30.8. The van der Waals surface area contributed by atoms with Crippen LogP contribution in [0.3, 0.4) is 0 Å². The minimum Gasteiger partial charge on any atom is -0.311 e. The quantitative estimate of drug-likeness (QED) is 0.0956. The van der Waals surface area contributed by atoms with Gasteiger partial charge in [0, 0.05) is 73.7 Å². The van der Waals surface area contributed by atoms with E-state index >= 15 is 0 Å². The normalized spacial score (nSPS) is 12.4. The van der Waals surface area contributed by atoms with Crippen LogP contribution in [0.2, 0.25) is 0 Å². The van der Waals surface area contributed by atoms with Crippen LogP contribution in [-0.2, 0) is 18.3 Å². The molecular formula is C89H68N4. The number of nitrogens with zero attached hydrogens (tertiary/aromatic N) is 4. The SMILES string of the molecule is CC1(C)c2ccccc2-c2ccc(N(c3ccc(-c4ccc(N(c5ccccc5)c5ccccc5)cc4)cc3)c3ccc(-c4ccc(N(c5ccccc5)c5ccc(-c6ccc(N(c7ccccc7)c7cccc(-c8ccc9c(c8)CC9)c7)cc6)cc5)cc4)cc3)cc21. The molecule has 2 aliphatic carbocycles. The van der Waals surface area contributed by atoms with Gasteiger partial charge < -0.3 is 19.6 Å². The van der Waals surface area contributed by atoms with Crippen molar-refractivity contribution in [1.29, 1.82) is 0 Å². The van der Waals surface area contributed by atoms with E-state index in [4.69, 9.17) is 0 Å². The van der Waals surface area contributed by atoms with E-state index in [9.17, 15) is 0 Å². The lowest BCUT2D eigenvalue weighted by molar-refractivity contribution is 0.660. The molecule has 4 nitrogen and oxygen atoms in total. The Bertz CT molecular complexity index is 4890. The molecule has 0 atom stereocenters. The zero-order valence-electron chi connectivity index (χ0n) is 52.2. The highest BCUT2D eigenvalue weighted by Gasteiger charge is 2.36. The van der Waals surface area contributed by atoms with Crippen LogP contribution in [0.5, 0.6) is 0 Å². The molecule has 4 heteroatoms. The van der Waals surface area contributed by atoms with Gasteiger partial charge in [0.25, 0.3) is 0 Å². The van der Waals surface area contributed by atoms with Crippen molar-refractivity contribution < 1.29 is 0 Å². The number of hydrogen-bond acceptors (Lipinski definition) is 4. The highest BCUT2D eigenvalue weighted by Crippen LogP contribution is 2.51. The lowest BCUT2D eigenvalue weighted by atomic mass is 9.82. The Hall–Kier alpha value is -11.7. The van der Waals surface area contributed by atoms with E-state index < -0.39 is 0 Å². The van der Waals surface area contributed by atoms with Crippen molar-refractivity contribution in [2.24, 2.45) is 0 Å². The highest BCUT2D eigenvalue weighted by atomic mass is 15.2. The largest absolute Gasteiger partial charge is 0.311 e. The minimum absolute atomic E-state index is 0.145. The number of aryl methyl sites for hydroxylation is 2. The van der Waals surface area contributed by atoms with Gasteiger partial charge in [0.1, 0.15) is 0 Å². The molecule has 0 amide bonds. The zero-order chi connectivity index (χ0) is 62.2. The summed E-state index contributed by atoms with van der Waals surface area (Å²) < 4.78 is 0. The Morgan fingerprint density at radius 2 is 0.473 bits per heavy atom. The van der Waals surface area contributed by atoms with E-state index in [1.54, 1.807) is 0 Å². The molecule has 0 N–H and O–H groups in total. The number of fused-ring (bicyclic) bond motifs is 4. The molecule has 0 spiro atoms. The number of hydrogen-bond donors (Lipinski definition) is 0. The standard InChI is InChI=1S/C89H68N4/c1-89(2)87-29-16-15-28-85(87)86-59-58-84(62-88(86)89)93(81-54-42-67(43-55-81)63-34-46-77(47-35-63)90(73-19-7-3-8-20-73)74-21-9-4-10-22-74)82-56-44-68(45-57-82)65-38-50-79(51-39-65)91(75-23-11-5-12-24-75)78-48-36-64(37-49-78)66-40-52-80(53-41-66)92(76-25-13-6-14-26-76)83-27-17-18-70(61-83)72-33-31-69-30-32-71(69)60-72/h3-29,31,33-62H,30,32H2,1-2H3. The van der Waals surface area contributed by atoms with E-state index in [0.717, 1.165) is 102 Å². The van der Waals surface area contributed by atoms with Gasteiger partial charge in [0.15, 0.2) is 0 Å². The second-order valence-electron chi connectivity index (χ2n) is 24.9. The van der Waals surface area contributed by atoms with Gasteiger partial charge in [-0.3, -0.25) is 0 Å². The summed E-state index contributed by atoms with van der Waals surface area (Å²) in [6.07, 6.45) is 2.36. The molecule has 0 fully saturated rings. The third-order valence-corrected chi connectivity index (χ3v) is 18.9. The number of benzene rings is 14. The van der Waals surface area contributed by atoms with Gasteiger partial charge in [-0.2, -0.15) is 0 Å². The molecule has 0 saturated carbocycles. The zero-order valence-corrected chi connectivity index (χ0v) is 52.2. The van der Waals surface area contributed by atoms with Crippen LogP contribution in [-0.4, -0.2) is 0 Å². The third-order valence-electron chi connectivity index (χ3n) is 18.9. The summed E-state index contributed by atoms with van der Waals surface area (Å²) in [6, 6.07) is 128. The number of para-hydroxylation sites is 4. The fraction of sp³-hybridized carbons (Fsp3) is 0.0562. The van der Waals surface area contributed by atoms with Crippen molar-refractivity contribution in [2.75, 3.05) is 19.6 Å². The Morgan fingerprint density at radius 3 is 0.839 bits per heavy atom. The van der Waals surface area contributed by atoms with Gasteiger partial charge in [0.2, 0.25) is 0 Å². The summed E-state index contributed by atoms with van der Waals surface area (Å²) in [4.78, 5) is 9.40. The van der Waals surface area contributed by atoms with Crippen molar-refractivity contribution >= 4 is 68.2 Å². The predicted molar refractivity (Wildman–Crippen MR) is 392 cm³/mol. The van der Waals surface area contributed by atoms with Gasteiger partial charge in [-0.1, -0.05) is 220 Å². The molecule has 0 bridgehead atoms. The maximum Gasteiger partial charge on any atom is 0.0467 e. The van der Waals surface area contributed by atoms with Crippen molar-refractivity contribution in [3.8, 4) is 55.6 Å². The molecule has 16 rings (SSSR count). The molecule has 444 valence electrons. The Morgan fingerprint density at radius 1 is 0.194 bits per heavy atom. The van der Waals surface area contributed by atoms with E-state index in [2.05, 4.69) is 385 Å². The highest BCUT2D eigenvalue weighted by molar-refractivity contribution is 5.88. The molecule has 0 aromatic heterocycles. The first-order valence-electron chi connectivity index (χ1n) is 32.3. The first kappa shape index (κ1) is 56.5. The maximum absolute atomic E-state index is 2.42.